The Balaban J connectivity index is 2.13. The standard InChI is InChI=1S/C16H15F5N2O2/c1-8-4-3-5-9(2)10(8)6-22-11-12(14(25)13(11)24)23-7-15(17,18)16(19,20)21/h3-5,22-23H,6-7H2,1-2H3. The van der Waals surface area contributed by atoms with Gasteiger partial charge in [0.25, 0.3) is 10.9 Å². The molecule has 2 N–H and O–H groups in total. The van der Waals surface area contributed by atoms with Crippen LogP contribution in [0.5, 0.6) is 0 Å². The molecule has 4 nitrogen and oxygen atoms in total. The lowest BCUT2D eigenvalue weighted by Crippen LogP contribution is -2.45. The molecule has 0 radical (unpaired) electrons. The molecule has 2 rings (SSSR count). The molecule has 0 spiro atoms. The number of aryl methyl sites for hydroxylation is 2. The molecule has 2 aromatic carbocycles. The van der Waals surface area contributed by atoms with Crippen molar-refractivity contribution in [3.05, 3.63) is 55.3 Å². The lowest BCUT2D eigenvalue weighted by molar-refractivity contribution is -0.275. The van der Waals surface area contributed by atoms with Gasteiger partial charge >= 0.3 is 12.1 Å². The van der Waals surface area contributed by atoms with Crippen LogP contribution in [0, 0.1) is 13.8 Å². The number of nitrogens with one attached hydrogen (secondary N) is 2. The van der Waals surface area contributed by atoms with Crippen molar-refractivity contribution in [3.8, 4) is 0 Å². The van der Waals surface area contributed by atoms with E-state index in [-0.39, 0.29) is 12.2 Å². The molecule has 0 unspecified atom stereocenters. The van der Waals surface area contributed by atoms with E-state index in [1.54, 1.807) is 5.32 Å². The summed E-state index contributed by atoms with van der Waals surface area (Å²) in [4.78, 5) is 23.0. The lowest BCUT2D eigenvalue weighted by atomic mass is 10.0. The van der Waals surface area contributed by atoms with Crippen molar-refractivity contribution in [2.45, 2.75) is 32.5 Å². The summed E-state index contributed by atoms with van der Waals surface area (Å²) in [6.45, 7) is 1.97. The summed E-state index contributed by atoms with van der Waals surface area (Å²) in [6, 6.07) is 5.49. The smallest absolute Gasteiger partial charge is 0.376 e. The number of benzene rings is 1. The zero-order valence-corrected chi connectivity index (χ0v) is 13.4. The van der Waals surface area contributed by atoms with Crippen LogP contribution in [-0.4, -0.2) is 18.6 Å². The van der Waals surface area contributed by atoms with Crippen LogP contribution >= 0.6 is 0 Å². The van der Waals surface area contributed by atoms with Gasteiger partial charge in [0.05, 0.1) is 6.54 Å². The predicted molar refractivity (Wildman–Crippen MR) is 84.1 cm³/mol. The number of hydrogen-bond acceptors (Lipinski definition) is 4. The highest BCUT2D eigenvalue weighted by atomic mass is 19.4. The lowest BCUT2D eigenvalue weighted by Gasteiger charge is -2.22. The second kappa shape index (κ2) is 6.45. The molecule has 0 aliphatic heterocycles. The van der Waals surface area contributed by atoms with Gasteiger partial charge in [0.1, 0.15) is 11.4 Å². The van der Waals surface area contributed by atoms with E-state index in [1.807, 2.05) is 32.0 Å². The highest BCUT2D eigenvalue weighted by molar-refractivity contribution is 5.74. The van der Waals surface area contributed by atoms with Crippen LogP contribution in [0.25, 0.3) is 0 Å². The van der Waals surface area contributed by atoms with E-state index in [9.17, 15) is 31.5 Å². The molecule has 9 heteroatoms. The van der Waals surface area contributed by atoms with Crippen LogP contribution in [0.4, 0.5) is 33.3 Å². The molecular weight excluding hydrogens is 347 g/mol. The number of rotatable bonds is 6. The second-order valence-electron chi connectivity index (χ2n) is 5.69. The maximum absolute atomic E-state index is 12.9. The van der Waals surface area contributed by atoms with Crippen LogP contribution in [-0.2, 0) is 6.54 Å². The fraction of sp³-hybridized carbons (Fsp3) is 0.375. The largest absolute Gasteiger partial charge is 0.455 e. The van der Waals surface area contributed by atoms with E-state index >= 15 is 0 Å². The van der Waals surface area contributed by atoms with Crippen molar-refractivity contribution in [1.82, 2.24) is 0 Å². The Kier molecular flexibility index (Phi) is 4.87. The minimum absolute atomic E-state index is 0.133. The monoisotopic (exact) mass is 362 g/mol. The summed E-state index contributed by atoms with van der Waals surface area (Å²) < 4.78 is 62.3. The Hall–Kier alpha value is -2.45. The first-order valence-corrected chi connectivity index (χ1v) is 7.26. The molecule has 0 fully saturated rings. The van der Waals surface area contributed by atoms with Gasteiger partial charge in [-0.25, -0.2) is 0 Å². The molecular formula is C16H15F5N2O2. The van der Waals surface area contributed by atoms with Crippen LogP contribution in [0.2, 0.25) is 0 Å². The topological polar surface area (TPSA) is 58.2 Å². The Morgan fingerprint density at radius 1 is 0.880 bits per heavy atom. The number of halogens is 5. The van der Waals surface area contributed by atoms with E-state index in [2.05, 4.69) is 5.32 Å². The average molecular weight is 362 g/mol. The molecule has 0 amide bonds. The Bertz CT molecular complexity index is 831. The molecule has 0 aromatic heterocycles. The van der Waals surface area contributed by atoms with Crippen LogP contribution < -0.4 is 21.5 Å². The molecule has 0 heterocycles. The fourth-order valence-electron chi connectivity index (χ4n) is 2.33. The van der Waals surface area contributed by atoms with Crippen molar-refractivity contribution in [3.63, 3.8) is 0 Å². The van der Waals surface area contributed by atoms with Gasteiger partial charge in [-0.05, 0) is 30.5 Å². The van der Waals surface area contributed by atoms with Gasteiger partial charge in [-0.15, -0.1) is 0 Å². The number of hydrogen-bond donors (Lipinski definition) is 2. The highest BCUT2D eigenvalue weighted by Crippen LogP contribution is 2.35. The van der Waals surface area contributed by atoms with Crippen molar-refractivity contribution >= 4 is 11.4 Å². The second-order valence-corrected chi connectivity index (χ2v) is 5.69. The summed E-state index contributed by atoms with van der Waals surface area (Å²) in [5.41, 5.74) is -0.271. The number of alkyl halides is 5. The van der Waals surface area contributed by atoms with Crippen LogP contribution in [0.3, 0.4) is 0 Å². The third-order valence-electron chi connectivity index (χ3n) is 3.90. The van der Waals surface area contributed by atoms with Gasteiger partial charge in [-0.3, -0.25) is 9.59 Å². The first kappa shape index (κ1) is 18.9. The van der Waals surface area contributed by atoms with E-state index < -0.39 is 35.2 Å². The van der Waals surface area contributed by atoms with Crippen LogP contribution in [0.1, 0.15) is 16.7 Å². The van der Waals surface area contributed by atoms with Crippen molar-refractivity contribution in [2.24, 2.45) is 0 Å². The van der Waals surface area contributed by atoms with Crippen LogP contribution in [0.15, 0.2) is 27.8 Å². The summed E-state index contributed by atoms with van der Waals surface area (Å²) in [5, 5.41) is 4.38. The van der Waals surface area contributed by atoms with E-state index in [0.29, 0.717) is 0 Å². The maximum Gasteiger partial charge on any atom is 0.455 e. The zero-order chi connectivity index (χ0) is 19.0. The number of anilines is 2. The minimum atomic E-state index is -5.75. The van der Waals surface area contributed by atoms with Gasteiger partial charge in [0, 0.05) is 6.54 Å². The quantitative estimate of drug-likeness (QED) is 0.612. The first-order valence-electron chi connectivity index (χ1n) is 7.26. The van der Waals surface area contributed by atoms with Crippen molar-refractivity contribution in [2.75, 3.05) is 17.2 Å². The van der Waals surface area contributed by atoms with Crippen molar-refractivity contribution in [1.29, 1.82) is 0 Å². The Morgan fingerprint density at radius 2 is 1.36 bits per heavy atom. The van der Waals surface area contributed by atoms with Gasteiger partial charge in [-0.1, -0.05) is 18.2 Å². The zero-order valence-electron chi connectivity index (χ0n) is 13.4. The summed E-state index contributed by atoms with van der Waals surface area (Å²) in [5.74, 6) is -5.02. The summed E-state index contributed by atoms with van der Waals surface area (Å²) >= 11 is 0. The Morgan fingerprint density at radius 3 is 1.84 bits per heavy atom. The van der Waals surface area contributed by atoms with E-state index in [1.165, 1.54) is 0 Å². The molecule has 0 saturated carbocycles. The molecule has 25 heavy (non-hydrogen) atoms. The van der Waals surface area contributed by atoms with E-state index in [0.717, 1.165) is 16.7 Å². The Labute approximate surface area is 139 Å². The van der Waals surface area contributed by atoms with Gasteiger partial charge in [-0.2, -0.15) is 22.0 Å². The first-order chi connectivity index (χ1) is 11.5. The van der Waals surface area contributed by atoms with Gasteiger partial charge in [0.2, 0.25) is 0 Å². The highest BCUT2D eigenvalue weighted by Gasteiger charge is 2.57. The summed E-state index contributed by atoms with van der Waals surface area (Å²) in [6.07, 6.45) is -5.75. The van der Waals surface area contributed by atoms with Crippen molar-refractivity contribution < 1.29 is 22.0 Å². The summed E-state index contributed by atoms with van der Waals surface area (Å²) in [7, 11) is 0. The van der Waals surface area contributed by atoms with Gasteiger partial charge in [0.15, 0.2) is 0 Å². The normalized spacial score (nSPS) is 12.4. The SMILES string of the molecule is Cc1cccc(C)c1CNc1c(NCC(F)(F)C(F)(F)F)c(=O)c1=O. The molecule has 0 saturated heterocycles. The molecule has 0 aliphatic rings. The molecule has 0 atom stereocenters. The third-order valence-corrected chi connectivity index (χ3v) is 3.90. The molecule has 2 aromatic rings. The minimum Gasteiger partial charge on any atom is -0.376 e. The van der Waals surface area contributed by atoms with E-state index in [4.69, 9.17) is 0 Å². The molecule has 0 aliphatic carbocycles. The predicted octanol–water partition coefficient (Wildman–Crippen LogP) is 3.12. The average Bonchev–Trinajstić information content (AvgIpc) is 2.50. The molecule has 136 valence electrons. The molecule has 0 bridgehead atoms. The third kappa shape index (κ3) is 3.64. The fourth-order valence-corrected chi connectivity index (χ4v) is 2.33. The maximum atomic E-state index is 12.9. The van der Waals surface area contributed by atoms with Gasteiger partial charge < -0.3 is 10.6 Å².